The fraction of sp³-hybridized carbons (Fsp3) is 1.00. The first-order chi connectivity index (χ1) is 6.78. The number of rotatable bonds is 7. The van der Waals surface area contributed by atoms with E-state index in [0.29, 0.717) is 6.61 Å². The van der Waals surface area contributed by atoms with Crippen molar-refractivity contribution in [1.82, 2.24) is 4.08 Å². The van der Waals surface area contributed by atoms with Gasteiger partial charge in [-0.1, -0.05) is 18.3 Å². The van der Waals surface area contributed by atoms with E-state index < -0.39 is 15.6 Å². The second-order valence-electron chi connectivity index (χ2n) is 2.92. The molecule has 0 aliphatic rings. The summed E-state index contributed by atoms with van der Waals surface area (Å²) in [5.74, 6) is 0.817. The van der Waals surface area contributed by atoms with Gasteiger partial charge in [0.05, 0.1) is 12.9 Å². The number of hydrogen-bond acceptors (Lipinski definition) is 5. The van der Waals surface area contributed by atoms with Crippen molar-refractivity contribution in [1.29, 1.82) is 0 Å². The van der Waals surface area contributed by atoms with Crippen LogP contribution in [0.25, 0.3) is 0 Å². The van der Waals surface area contributed by atoms with Gasteiger partial charge >= 0.3 is 0 Å². The molecule has 4 nitrogen and oxygen atoms in total. The zero-order valence-corrected chi connectivity index (χ0v) is 12.8. The molecule has 0 aromatic carbocycles. The number of sulfonamides is 1. The molecule has 0 aromatic rings. The molecular weight excluding hydrogens is 273 g/mol. The molecule has 0 saturated heterocycles. The van der Waals surface area contributed by atoms with Gasteiger partial charge in [-0.2, -0.15) is 0 Å². The lowest BCUT2D eigenvalue weighted by atomic mass is 10.6. The zero-order chi connectivity index (χ0) is 12.1. The van der Waals surface area contributed by atoms with Crippen LogP contribution in [-0.4, -0.2) is 38.2 Å². The SMILES string of the molecule is CCCSP(=S)(OCC)N(C)S(C)(=O)=O. The molecule has 0 N–H and O–H groups in total. The monoisotopic (exact) mass is 291 g/mol. The second kappa shape index (κ2) is 6.57. The van der Waals surface area contributed by atoms with Crippen LogP contribution in [0.1, 0.15) is 20.3 Å². The highest BCUT2D eigenvalue weighted by Crippen LogP contribution is 2.63. The maximum Gasteiger partial charge on any atom is 0.217 e. The predicted octanol–water partition coefficient (Wildman–Crippen LogP) is 2.28. The fourth-order valence-electron chi connectivity index (χ4n) is 0.751. The topological polar surface area (TPSA) is 46.6 Å². The average molecular weight is 291 g/mol. The minimum atomic E-state index is -3.28. The van der Waals surface area contributed by atoms with Gasteiger partial charge in [-0.15, -0.1) is 4.08 Å². The van der Waals surface area contributed by atoms with Crippen LogP contribution in [0.15, 0.2) is 0 Å². The molecule has 0 aliphatic heterocycles. The molecule has 0 rings (SSSR count). The summed E-state index contributed by atoms with van der Waals surface area (Å²) in [6, 6.07) is 0. The Balaban J connectivity index is 4.86. The fourth-order valence-corrected chi connectivity index (χ4v) is 9.34. The van der Waals surface area contributed by atoms with Crippen molar-refractivity contribution in [2.75, 3.05) is 25.7 Å². The largest absolute Gasteiger partial charge is 0.330 e. The van der Waals surface area contributed by atoms with Gasteiger partial charge in [0, 0.05) is 12.8 Å². The second-order valence-corrected chi connectivity index (χ2v) is 12.1. The van der Waals surface area contributed by atoms with E-state index >= 15 is 0 Å². The lowest BCUT2D eigenvalue weighted by molar-refractivity contribution is 0.368. The van der Waals surface area contributed by atoms with Crippen LogP contribution in [0.4, 0.5) is 0 Å². The summed E-state index contributed by atoms with van der Waals surface area (Å²) >= 11 is 6.77. The zero-order valence-electron chi connectivity index (χ0n) is 9.47. The van der Waals surface area contributed by atoms with Gasteiger partial charge in [0.2, 0.25) is 15.6 Å². The highest BCUT2D eigenvalue weighted by molar-refractivity contribution is 8.69. The first kappa shape index (κ1) is 15.9. The third-order valence-electron chi connectivity index (χ3n) is 1.58. The summed E-state index contributed by atoms with van der Waals surface area (Å²) in [5.41, 5.74) is -2.45. The van der Waals surface area contributed by atoms with E-state index in [1.807, 2.05) is 13.8 Å². The number of nitrogens with zero attached hydrogens (tertiary/aromatic N) is 1. The van der Waals surface area contributed by atoms with Crippen molar-refractivity contribution < 1.29 is 12.9 Å². The Labute approximate surface area is 102 Å². The minimum absolute atomic E-state index is 0.438. The minimum Gasteiger partial charge on any atom is -0.330 e. The molecule has 92 valence electrons. The molecule has 0 saturated carbocycles. The summed E-state index contributed by atoms with van der Waals surface area (Å²) in [5, 5.41) is 0. The Bertz CT molecular complexity index is 330. The van der Waals surface area contributed by atoms with Crippen molar-refractivity contribution >= 4 is 38.8 Å². The van der Waals surface area contributed by atoms with Crippen molar-refractivity contribution in [3.8, 4) is 0 Å². The van der Waals surface area contributed by atoms with Gasteiger partial charge in [0.25, 0.3) is 0 Å². The molecule has 0 aliphatic carbocycles. The van der Waals surface area contributed by atoms with Gasteiger partial charge in [0.15, 0.2) is 0 Å². The smallest absolute Gasteiger partial charge is 0.217 e. The first-order valence-electron chi connectivity index (χ1n) is 4.61. The van der Waals surface area contributed by atoms with Crippen molar-refractivity contribution in [3.63, 3.8) is 0 Å². The Morgan fingerprint density at radius 2 is 2.00 bits per heavy atom. The van der Waals surface area contributed by atoms with E-state index in [1.54, 1.807) is 0 Å². The molecule has 0 spiro atoms. The highest BCUT2D eigenvalue weighted by Gasteiger charge is 2.30. The van der Waals surface area contributed by atoms with E-state index in [1.165, 1.54) is 22.5 Å². The van der Waals surface area contributed by atoms with Crippen LogP contribution in [-0.2, 0) is 26.4 Å². The summed E-state index contributed by atoms with van der Waals surface area (Å²) in [6.07, 6.45) is 2.10. The van der Waals surface area contributed by atoms with Gasteiger partial charge in [-0.05, 0) is 25.2 Å². The van der Waals surface area contributed by atoms with E-state index in [2.05, 4.69) is 0 Å². The molecule has 0 fully saturated rings. The average Bonchev–Trinajstić information content (AvgIpc) is 2.12. The third-order valence-corrected chi connectivity index (χ3v) is 11.5. The molecule has 0 bridgehead atoms. The molecule has 1 atom stereocenters. The predicted molar refractivity (Wildman–Crippen MR) is 71.3 cm³/mol. The molecule has 15 heavy (non-hydrogen) atoms. The lowest BCUT2D eigenvalue weighted by Crippen LogP contribution is -2.22. The summed E-state index contributed by atoms with van der Waals surface area (Å²) in [6.45, 7) is 4.29. The molecule has 1 unspecified atom stereocenters. The normalized spacial score (nSPS) is 16.6. The maximum atomic E-state index is 11.4. The van der Waals surface area contributed by atoms with Crippen molar-refractivity contribution in [2.45, 2.75) is 20.3 Å². The van der Waals surface area contributed by atoms with Gasteiger partial charge in [0.1, 0.15) is 0 Å². The Hall–Kier alpha value is 0.870. The maximum absolute atomic E-state index is 11.4. The van der Waals surface area contributed by atoms with Crippen LogP contribution in [0.5, 0.6) is 0 Å². The highest BCUT2D eigenvalue weighted by atomic mass is 32.9. The van der Waals surface area contributed by atoms with E-state index in [-0.39, 0.29) is 0 Å². The Morgan fingerprint density at radius 3 is 2.33 bits per heavy atom. The van der Waals surface area contributed by atoms with Gasteiger partial charge in [-0.25, -0.2) is 8.42 Å². The first-order valence-corrected chi connectivity index (χ1v) is 10.7. The molecule has 0 radical (unpaired) electrons. The van der Waals surface area contributed by atoms with Crippen LogP contribution < -0.4 is 0 Å². The Morgan fingerprint density at radius 1 is 1.47 bits per heavy atom. The summed E-state index contributed by atoms with van der Waals surface area (Å²) in [7, 11) is -1.79. The van der Waals surface area contributed by atoms with Crippen molar-refractivity contribution in [2.24, 2.45) is 0 Å². The summed E-state index contributed by atoms with van der Waals surface area (Å²) < 4.78 is 29.5. The van der Waals surface area contributed by atoms with Crippen LogP contribution in [0.2, 0.25) is 0 Å². The Kier molecular flexibility index (Phi) is 6.95. The van der Waals surface area contributed by atoms with Gasteiger partial charge < -0.3 is 4.52 Å². The van der Waals surface area contributed by atoms with Gasteiger partial charge in [-0.3, -0.25) is 0 Å². The molecule has 0 heterocycles. The van der Waals surface area contributed by atoms with E-state index in [9.17, 15) is 8.42 Å². The molecule has 0 amide bonds. The third kappa shape index (κ3) is 5.15. The molecule has 8 heteroatoms. The standard InChI is InChI=1S/C7H18NO3PS3/c1-5-7-14-12(13,11-6-2)8(3)15(4,9)10/h5-7H2,1-4H3. The lowest BCUT2D eigenvalue weighted by Gasteiger charge is -2.28. The van der Waals surface area contributed by atoms with Crippen LogP contribution >= 0.6 is 17.0 Å². The summed E-state index contributed by atoms with van der Waals surface area (Å²) in [4.78, 5) is 0. The molecule has 0 aromatic heterocycles. The van der Waals surface area contributed by atoms with E-state index in [4.69, 9.17) is 16.3 Å². The number of hydrogen-bond donors (Lipinski definition) is 0. The quantitative estimate of drug-likeness (QED) is 0.673. The van der Waals surface area contributed by atoms with Crippen molar-refractivity contribution in [3.05, 3.63) is 0 Å². The molecular formula is C7H18NO3PS3. The van der Waals surface area contributed by atoms with Crippen LogP contribution in [0.3, 0.4) is 0 Å². The van der Waals surface area contributed by atoms with E-state index in [0.717, 1.165) is 18.4 Å². The van der Waals surface area contributed by atoms with Crippen LogP contribution in [0, 0.1) is 0 Å².